The molecule has 1 aliphatic rings. The lowest BCUT2D eigenvalue weighted by molar-refractivity contribution is 0.0736. The maximum Gasteiger partial charge on any atom is 0.123 e. The smallest absolute Gasteiger partial charge is 0.123 e. The van der Waals surface area contributed by atoms with Crippen LogP contribution in [-0.4, -0.2) is 12.2 Å². The van der Waals surface area contributed by atoms with E-state index in [-0.39, 0.29) is 6.54 Å². The first-order valence-electron chi connectivity index (χ1n) is 2.66. The van der Waals surface area contributed by atoms with Crippen molar-refractivity contribution in [2.75, 3.05) is 6.54 Å². The average molecular weight is 103 g/mol. The van der Waals surface area contributed by atoms with Gasteiger partial charge in [-0.2, -0.15) is 0 Å². The molecule has 0 radical (unpaired) electrons. The number of halogens is 1. The fraction of sp³-hybridized carbons (Fsp3) is 1.00. The molecule has 0 saturated heterocycles. The molecule has 1 aliphatic carbocycles. The number of hydrogen-bond donors (Lipinski definition) is 1. The number of hydrogen-bond acceptors (Lipinski definition) is 1. The lowest BCUT2D eigenvalue weighted by Gasteiger charge is -2.31. The third-order valence-electron chi connectivity index (χ3n) is 1.62. The summed E-state index contributed by atoms with van der Waals surface area (Å²) in [5.41, 5.74) is 4.13. The lowest BCUT2D eigenvalue weighted by Crippen LogP contribution is -2.39. The second kappa shape index (κ2) is 1.44. The second-order valence-corrected chi connectivity index (χ2v) is 2.21. The number of alkyl halides is 1. The molecule has 0 amide bonds. The van der Waals surface area contributed by atoms with Crippen LogP contribution in [0.5, 0.6) is 0 Å². The Labute approximate surface area is 42.7 Å². The summed E-state index contributed by atoms with van der Waals surface area (Å²) in [5, 5.41) is 0. The molecular weight excluding hydrogens is 93.1 g/mol. The molecule has 0 aromatic carbocycles. The van der Waals surface area contributed by atoms with E-state index in [1.54, 1.807) is 0 Å². The largest absolute Gasteiger partial charge is 0.328 e. The Morgan fingerprint density at radius 2 is 2.14 bits per heavy atom. The van der Waals surface area contributed by atoms with Gasteiger partial charge in [0.05, 0.1) is 0 Å². The predicted octanol–water partition coefficient (Wildman–Crippen LogP) is 0.837. The fourth-order valence-corrected chi connectivity index (χ4v) is 0.765. The molecule has 0 aliphatic heterocycles. The highest BCUT2D eigenvalue weighted by atomic mass is 19.1. The second-order valence-electron chi connectivity index (χ2n) is 2.21. The molecule has 7 heavy (non-hydrogen) atoms. The van der Waals surface area contributed by atoms with Crippen molar-refractivity contribution in [3.63, 3.8) is 0 Å². The average Bonchev–Trinajstić information content (AvgIpc) is 1.61. The van der Waals surface area contributed by atoms with Gasteiger partial charge in [0.2, 0.25) is 0 Å². The van der Waals surface area contributed by atoms with Crippen LogP contribution in [0.4, 0.5) is 4.39 Å². The van der Waals surface area contributed by atoms with Gasteiger partial charge in [-0.3, -0.25) is 0 Å². The Hall–Kier alpha value is -0.110. The zero-order valence-corrected chi connectivity index (χ0v) is 4.28. The topological polar surface area (TPSA) is 26.0 Å². The van der Waals surface area contributed by atoms with Gasteiger partial charge in [-0.05, 0) is 19.3 Å². The van der Waals surface area contributed by atoms with E-state index in [1.165, 1.54) is 0 Å². The van der Waals surface area contributed by atoms with Crippen molar-refractivity contribution in [3.8, 4) is 0 Å². The minimum absolute atomic E-state index is 0.215. The van der Waals surface area contributed by atoms with Gasteiger partial charge in [-0.25, -0.2) is 4.39 Å². The van der Waals surface area contributed by atoms with E-state index in [4.69, 9.17) is 5.73 Å². The Morgan fingerprint density at radius 3 is 2.14 bits per heavy atom. The van der Waals surface area contributed by atoms with Crippen molar-refractivity contribution in [2.24, 2.45) is 5.73 Å². The van der Waals surface area contributed by atoms with E-state index < -0.39 is 5.67 Å². The van der Waals surface area contributed by atoms with E-state index in [0.717, 1.165) is 6.42 Å². The van der Waals surface area contributed by atoms with Gasteiger partial charge in [0.15, 0.2) is 0 Å². The van der Waals surface area contributed by atoms with Gasteiger partial charge in [-0.1, -0.05) is 0 Å². The van der Waals surface area contributed by atoms with E-state index in [9.17, 15) is 4.39 Å². The van der Waals surface area contributed by atoms with Crippen LogP contribution in [0.15, 0.2) is 0 Å². The summed E-state index contributed by atoms with van der Waals surface area (Å²) in [5.74, 6) is 0. The molecule has 0 spiro atoms. The first-order chi connectivity index (χ1) is 3.27. The van der Waals surface area contributed by atoms with Gasteiger partial charge in [0.1, 0.15) is 5.67 Å². The van der Waals surface area contributed by atoms with Crippen molar-refractivity contribution in [2.45, 2.75) is 24.9 Å². The predicted molar refractivity (Wildman–Crippen MR) is 26.7 cm³/mol. The Kier molecular flexibility index (Phi) is 1.04. The van der Waals surface area contributed by atoms with Crippen molar-refractivity contribution >= 4 is 0 Å². The standard InChI is InChI=1S/C5H10FN/c6-5(4-7)2-1-3-5/h1-4,7H2. The van der Waals surface area contributed by atoms with E-state index in [2.05, 4.69) is 0 Å². The first kappa shape index (κ1) is 5.04. The van der Waals surface area contributed by atoms with Gasteiger partial charge in [0.25, 0.3) is 0 Å². The Morgan fingerprint density at radius 1 is 1.57 bits per heavy atom. The normalized spacial score (nSPS) is 26.6. The Balaban J connectivity index is 2.29. The van der Waals surface area contributed by atoms with Crippen LogP contribution in [-0.2, 0) is 0 Å². The monoisotopic (exact) mass is 103 g/mol. The molecule has 0 aromatic heterocycles. The van der Waals surface area contributed by atoms with E-state index in [0.29, 0.717) is 12.8 Å². The molecule has 42 valence electrons. The molecule has 0 atom stereocenters. The van der Waals surface area contributed by atoms with Crippen molar-refractivity contribution in [1.82, 2.24) is 0 Å². The summed E-state index contributed by atoms with van der Waals surface area (Å²) in [7, 11) is 0. The molecular formula is C5H10FN. The molecule has 1 nitrogen and oxygen atoms in total. The molecule has 1 saturated carbocycles. The van der Waals surface area contributed by atoms with Crippen molar-refractivity contribution in [3.05, 3.63) is 0 Å². The third-order valence-corrected chi connectivity index (χ3v) is 1.62. The number of rotatable bonds is 1. The minimum atomic E-state index is -0.958. The SMILES string of the molecule is NCC1(F)CCC1. The van der Waals surface area contributed by atoms with E-state index in [1.807, 2.05) is 0 Å². The van der Waals surface area contributed by atoms with Gasteiger partial charge < -0.3 is 5.73 Å². The van der Waals surface area contributed by atoms with Crippen LogP contribution in [0.1, 0.15) is 19.3 Å². The Bertz CT molecular complexity index is 63.0. The minimum Gasteiger partial charge on any atom is -0.328 e. The maximum atomic E-state index is 12.5. The molecule has 0 heterocycles. The van der Waals surface area contributed by atoms with Crippen LogP contribution >= 0.6 is 0 Å². The van der Waals surface area contributed by atoms with Crippen LogP contribution in [0.3, 0.4) is 0 Å². The molecule has 1 rings (SSSR count). The summed E-state index contributed by atoms with van der Waals surface area (Å²) in [6.45, 7) is 0.215. The van der Waals surface area contributed by atoms with Gasteiger partial charge >= 0.3 is 0 Å². The summed E-state index contributed by atoms with van der Waals surface area (Å²) in [6.07, 6.45) is 2.39. The highest BCUT2D eigenvalue weighted by Gasteiger charge is 2.34. The summed E-state index contributed by atoms with van der Waals surface area (Å²) in [6, 6.07) is 0. The first-order valence-corrected chi connectivity index (χ1v) is 2.66. The summed E-state index contributed by atoms with van der Waals surface area (Å²) < 4.78 is 12.5. The van der Waals surface area contributed by atoms with Gasteiger partial charge in [0, 0.05) is 6.54 Å². The third kappa shape index (κ3) is 0.752. The van der Waals surface area contributed by atoms with Crippen LogP contribution in [0.25, 0.3) is 0 Å². The summed E-state index contributed by atoms with van der Waals surface area (Å²) >= 11 is 0. The molecule has 2 heteroatoms. The van der Waals surface area contributed by atoms with Crippen LogP contribution in [0, 0.1) is 0 Å². The molecule has 0 unspecified atom stereocenters. The molecule has 2 N–H and O–H groups in total. The quantitative estimate of drug-likeness (QED) is 0.522. The zero-order valence-electron chi connectivity index (χ0n) is 4.28. The lowest BCUT2D eigenvalue weighted by atomic mass is 9.82. The number of nitrogens with two attached hydrogens (primary N) is 1. The van der Waals surface area contributed by atoms with Gasteiger partial charge in [-0.15, -0.1) is 0 Å². The molecule has 0 aromatic rings. The zero-order chi connectivity index (χ0) is 5.33. The molecule has 1 fully saturated rings. The molecule has 0 bridgehead atoms. The maximum absolute atomic E-state index is 12.5. The van der Waals surface area contributed by atoms with E-state index >= 15 is 0 Å². The highest BCUT2D eigenvalue weighted by Crippen LogP contribution is 2.34. The van der Waals surface area contributed by atoms with Crippen molar-refractivity contribution in [1.29, 1.82) is 0 Å². The van der Waals surface area contributed by atoms with Crippen molar-refractivity contribution < 1.29 is 4.39 Å². The summed E-state index contributed by atoms with van der Waals surface area (Å²) in [4.78, 5) is 0. The highest BCUT2D eigenvalue weighted by molar-refractivity contribution is 4.88. The van der Waals surface area contributed by atoms with Crippen LogP contribution < -0.4 is 5.73 Å². The fourth-order valence-electron chi connectivity index (χ4n) is 0.765. The van der Waals surface area contributed by atoms with Crippen LogP contribution in [0.2, 0.25) is 0 Å².